The highest BCUT2D eigenvalue weighted by atomic mass is 16.5. The molecule has 0 saturated heterocycles. The van der Waals surface area contributed by atoms with E-state index in [1.165, 1.54) is 0 Å². The van der Waals surface area contributed by atoms with Gasteiger partial charge in [-0.15, -0.1) is 0 Å². The number of hydrogen-bond donors (Lipinski definition) is 0. The number of rotatable bonds is 3. The summed E-state index contributed by atoms with van der Waals surface area (Å²) in [6, 6.07) is 20.1. The molecule has 100 valence electrons. The zero-order chi connectivity index (χ0) is 13.9. The third-order valence-corrected chi connectivity index (χ3v) is 3.33. The summed E-state index contributed by atoms with van der Waals surface area (Å²) in [4.78, 5) is 0. The molecular formula is C18H16O2. The first-order chi connectivity index (χ1) is 9.78. The Hall–Kier alpha value is -2.48. The maximum atomic E-state index is 6.02. The largest absolute Gasteiger partial charge is 0.497 e. The molecule has 0 radical (unpaired) electrons. The summed E-state index contributed by atoms with van der Waals surface area (Å²) >= 11 is 0. The van der Waals surface area contributed by atoms with Gasteiger partial charge in [-0.25, -0.2) is 0 Å². The lowest BCUT2D eigenvalue weighted by Gasteiger charge is -2.02. The molecule has 0 aliphatic carbocycles. The minimum Gasteiger partial charge on any atom is -0.497 e. The summed E-state index contributed by atoms with van der Waals surface area (Å²) in [6.07, 6.45) is 0. The van der Waals surface area contributed by atoms with Crippen LogP contribution < -0.4 is 4.74 Å². The number of furan rings is 1. The van der Waals surface area contributed by atoms with Gasteiger partial charge in [-0.1, -0.05) is 30.3 Å². The van der Waals surface area contributed by atoms with Gasteiger partial charge in [0.25, 0.3) is 0 Å². The fourth-order valence-electron chi connectivity index (χ4n) is 2.26. The van der Waals surface area contributed by atoms with Crippen molar-refractivity contribution in [3.05, 3.63) is 66.2 Å². The van der Waals surface area contributed by atoms with E-state index in [2.05, 4.69) is 25.1 Å². The molecule has 2 nitrogen and oxygen atoms in total. The number of hydrogen-bond acceptors (Lipinski definition) is 2. The molecule has 0 aliphatic heterocycles. The van der Waals surface area contributed by atoms with Gasteiger partial charge < -0.3 is 9.15 Å². The van der Waals surface area contributed by atoms with Crippen LogP contribution in [0.1, 0.15) is 5.56 Å². The summed E-state index contributed by atoms with van der Waals surface area (Å²) in [7, 11) is 1.67. The van der Waals surface area contributed by atoms with E-state index in [9.17, 15) is 0 Å². The minimum atomic E-state index is 0.848. The van der Waals surface area contributed by atoms with E-state index in [0.29, 0.717) is 0 Å². The molecule has 20 heavy (non-hydrogen) atoms. The van der Waals surface area contributed by atoms with E-state index < -0.39 is 0 Å². The molecule has 3 rings (SSSR count). The molecule has 0 aliphatic rings. The first-order valence-electron chi connectivity index (χ1n) is 6.58. The van der Waals surface area contributed by atoms with Crippen LogP contribution in [0, 0.1) is 6.92 Å². The Morgan fingerprint density at radius 1 is 0.850 bits per heavy atom. The van der Waals surface area contributed by atoms with Crippen molar-refractivity contribution in [2.24, 2.45) is 0 Å². The SMILES string of the molecule is COc1ccc(-c2oc(-c3ccccc3)cc2C)cc1. The summed E-state index contributed by atoms with van der Waals surface area (Å²) in [5.74, 6) is 2.65. The molecular weight excluding hydrogens is 248 g/mol. The highest BCUT2D eigenvalue weighted by Gasteiger charge is 2.11. The Morgan fingerprint density at radius 2 is 1.55 bits per heavy atom. The number of benzene rings is 2. The van der Waals surface area contributed by atoms with Crippen LogP contribution in [0.4, 0.5) is 0 Å². The van der Waals surface area contributed by atoms with Crippen molar-refractivity contribution in [2.45, 2.75) is 6.92 Å². The monoisotopic (exact) mass is 264 g/mol. The molecule has 1 heterocycles. The van der Waals surface area contributed by atoms with Crippen molar-refractivity contribution >= 4 is 0 Å². The highest BCUT2D eigenvalue weighted by Crippen LogP contribution is 2.32. The standard InChI is InChI=1S/C18H16O2/c1-13-12-17(14-6-4-3-5-7-14)20-18(13)15-8-10-16(19-2)11-9-15/h3-12H,1-2H3. The first-order valence-corrected chi connectivity index (χ1v) is 6.58. The van der Waals surface area contributed by atoms with E-state index in [1.807, 2.05) is 42.5 Å². The second-order valence-corrected chi connectivity index (χ2v) is 4.72. The van der Waals surface area contributed by atoms with Gasteiger partial charge in [-0.05, 0) is 42.8 Å². The normalized spacial score (nSPS) is 10.5. The Bertz CT molecular complexity index is 694. The average Bonchev–Trinajstić information content (AvgIpc) is 2.90. The summed E-state index contributed by atoms with van der Waals surface area (Å²) < 4.78 is 11.2. The molecule has 0 spiro atoms. The molecule has 1 aromatic heterocycles. The molecule has 0 saturated carbocycles. The van der Waals surface area contributed by atoms with Crippen molar-refractivity contribution in [1.29, 1.82) is 0 Å². The van der Waals surface area contributed by atoms with Crippen molar-refractivity contribution in [3.63, 3.8) is 0 Å². The molecule has 2 aromatic carbocycles. The van der Waals surface area contributed by atoms with Crippen LogP contribution in [-0.4, -0.2) is 7.11 Å². The molecule has 0 N–H and O–H groups in total. The van der Waals surface area contributed by atoms with Gasteiger partial charge in [0.2, 0.25) is 0 Å². The topological polar surface area (TPSA) is 22.4 Å². The lowest BCUT2D eigenvalue weighted by molar-refractivity contribution is 0.415. The van der Waals surface area contributed by atoms with Crippen LogP contribution in [-0.2, 0) is 0 Å². The minimum absolute atomic E-state index is 0.848. The Labute approximate surface area is 118 Å². The maximum absolute atomic E-state index is 6.02. The molecule has 0 bridgehead atoms. The lowest BCUT2D eigenvalue weighted by atomic mass is 10.1. The summed E-state index contributed by atoms with van der Waals surface area (Å²) in [5, 5.41) is 0. The van der Waals surface area contributed by atoms with Gasteiger partial charge in [0.05, 0.1) is 7.11 Å². The fourth-order valence-corrected chi connectivity index (χ4v) is 2.26. The third-order valence-electron chi connectivity index (χ3n) is 3.33. The Morgan fingerprint density at radius 3 is 2.20 bits per heavy atom. The zero-order valence-corrected chi connectivity index (χ0v) is 11.6. The smallest absolute Gasteiger partial charge is 0.137 e. The van der Waals surface area contributed by atoms with E-state index in [-0.39, 0.29) is 0 Å². The van der Waals surface area contributed by atoms with Gasteiger partial charge in [0, 0.05) is 11.1 Å². The second-order valence-electron chi connectivity index (χ2n) is 4.72. The first kappa shape index (κ1) is 12.5. The average molecular weight is 264 g/mol. The van der Waals surface area contributed by atoms with Crippen molar-refractivity contribution in [2.75, 3.05) is 7.11 Å². The van der Waals surface area contributed by atoms with Gasteiger partial charge in [0.15, 0.2) is 0 Å². The van der Waals surface area contributed by atoms with Crippen LogP contribution in [0.5, 0.6) is 5.75 Å². The quantitative estimate of drug-likeness (QED) is 0.669. The van der Waals surface area contributed by atoms with E-state index in [0.717, 1.165) is 34.0 Å². The van der Waals surface area contributed by atoms with Crippen LogP contribution in [0.25, 0.3) is 22.6 Å². The predicted molar refractivity (Wildman–Crippen MR) is 80.9 cm³/mol. The van der Waals surface area contributed by atoms with Crippen LogP contribution in [0.3, 0.4) is 0 Å². The molecule has 3 aromatic rings. The van der Waals surface area contributed by atoms with Crippen molar-refractivity contribution < 1.29 is 9.15 Å². The maximum Gasteiger partial charge on any atom is 0.137 e. The van der Waals surface area contributed by atoms with Gasteiger partial charge in [-0.3, -0.25) is 0 Å². The van der Waals surface area contributed by atoms with E-state index >= 15 is 0 Å². The van der Waals surface area contributed by atoms with E-state index in [1.54, 1.807) is 7.11 Å². The number of methoxy groups -OCH3 is 1. The molecule has 0 amide bonds. The van der Waals surface area contributed by atoms with Crippen LogP contribution in [0.15, 0.2) is 65.1 Å². The number of aryl methyl sites for hydroxylation is 1. The number of ether oxygens (including phenoxy) is 1. The highest BCUT2D eigenvalue weighted by molar-refractivity contribution is 5.68. The van der Waals surface area contributed by atoms with Crippen molar-refractivity contribution in [3.8, 4) is 28.4 Å². The van der Waals surface area contributed by atoms with Crippen molar-refractivity contribution in [1.82, 2.24) is 0 Å². The van der Waals surface area contributed by atoms with Gasteiger partial charge in [0.1, 0.15) is 17.3 Å². The van der Waals surface area contributed by atoms with Gasteiger partial charge in [-0.2, -0.15) is 0 Å². The fraction of sp³-hybridized carbons (Fsp3) is 0.111. The molecule has 0 unspecified atom stereocenters. The molecule has 0 atom stereocenters. The lowest BCUT2D eigenvalue weighted by Crippen LogP contribution is -1.82. The Kier molecular flexibility index (Phi) is 3.30. The molecule has 2 heteroatoms. The van der Waals surface area contributed by atoms with E-state index in [4.69, 9.17) is 9.15 Å². The zero-order valence-electron chi connectivity index (χ0n) is 11.6. The predicted octanol–water partition coefficient (Wildman–Crippen LogP) is 4.93. The third kappa shape index (κ3) is 2.32. The summed E-state index contributed by atoms with van der Waals surface area (Å²) in [5.41, 5.74) is 3.29. The van der Waals surface area contributed by atoms with Crippen LogP contribution in [0.2, 0.25) is 0 Å². The molecule has 0 fully saturated rings. The second kappa shape index (κ2) is 5.25. The Balaban J connectivity index is 2.00. The summed E-state index contributed by atoms with van der Waals surface area (Å²) in [6.45, 7) is 2.06. The van der Waals surface area contributed by atoms with Gasteiger partial charge >= 0.3 is 0 Å². The van der Waals surface area contributed by atoms with Crippen LogP contribution >= 0.6 is 0 Å².